The van der Waals surface area contributed by atoms with Gasteiger partial charge in [0, 0.05) is 31.7 Å². The van der Waals surface area contributed by atoms with Crippen molar-refractivity contribution in [1.29, 1.82) is 0 Å². The molecule has 2 aromatic carbocycles. The van der Waals surface area contributed by atoms with E-state index >= 15 is 0 Å². The highest BCUT2D eigenvalue weighted by Gasteiger charge is 2.50. The van der Waals surface area contributed by atoms with E-state index in [2.05, 4.69) is 5.32 Å². The van der Waals surface area contributed by atoms with Crippen molar-refractivity contribution in [3.63, 3.8) is 0 Å². The van der Waals surface area contributed by atoms with Crippen LogP contribution in [0.25, 0.3) is 11.1 Å². The number of amides is 2. The molecule has 2 unspecified atom stereocenters. The Labute approximate surface area is 188 Å². The molecule has 1 saturated heterocycles. The lowest BCUT2D eigenvalue weighted by Crippen LogP contribution is -2.53. The smallest absolute Gasteiger partial charge is 0.254 e. The third kappa shape index (κ3) is 4.83. The van der Waals surface area contributed by atoms with E-state index in [0.29, 0.717) is 44.6 Å². The van der Waals surface area contributed by atoms with Crippen LogP contribution in [0.3, 0.4) is 0 Å². The van der Waals surface area contributed by atoms with Crippen molar-refractivity contribution in [3.05, 3.63) is 59.7 Å². The molecule has 8 nitrogen and oxygen atoms in total. The SMILES string of the molecule is CC(N)NC(N)c1cccc(-c2ccc(C(=O)N3CCN(C(=O)C4(O)CC4)CC3)cc2)c1. The maximum atomic E-state index is 12.9. The molecule has 8 heteroatoms. The van der Waals surface area contributed by atoms with Crippen molar-refractivity contribution in [2.75, 3.05) is 26.2 Å². The largest absolute Gasteiger partial charge is 0.380 e. The molecule has 1 saturated carbocycles. The summed E-state index contributed by atoms with van der Waals surface area (Å²) in [4.78, 5) is 28.6. The lowest BCUT2D eigenvalue weighted by Gasteiger charge is -2.35. The second kappa shape index (κ2) is 8.99. The van der Waals surface area contributed by atoms with Crippen molar-refractivity contribution >= 4 is 11.8 Å². The summed E-state index contributed by atoms with van der Waals surface area (Å²) in [7, 11) is 0. The summed E-state index contributed by atoms with van der Waals surface area (Å²) in [5.74, 6) is -0.252. The number of aliphatic hydroxyl groups is 1. The van der Waals surface area contributed by atoms with Gasteiger partial charge in [0.25, 0.3) is 11.8 Å². The van der Waals surface area contributed by atoms with Crippen LogP contribution in [0.2, 0.25) is 0 Å². The Balaban J connectivity index is 1.39. The van der Waals surface area contributed by atoms with Crippen LogP contribution in [0, 0.1) is 0 Å². The number of carbonyl (C=O) groups is 2. The maximum Gasteiger partial charge on any atom is 0.254 e. The number of carbonyl (C=O) groups excluding carboxylic acids is 2. The Kier molecular flexibility index (Phi) is 6.30. The summed E-state index contributed by atoms with van der Waals surface area (Å²) in [6.07, 6.45) is 0.503. The molecule has 2 amide bonds. The first-order valence-electron chi connectivity index (χ1n) is 11.1. The van der Waals surface area contributed by atoms with Crippen LogP contribution in [0.5, 0.6) is 0 Å². The highest BCUT2D eigenvalue weighted by Crippen LogP contribution is 2.37. The molecule has 2 fully saturated rings. The van der Waals surface area contributed by atoms with Crippen LogP contribution in [0.4, 0.5) is 0 Å². The lowest BCUT2D eigenvalue weighted by atomic mass is 10.0. The number of benzene rings is 2. The first kappa shape index (κ1) is 22.4. The van der Waals surface area contributed by atoms with Crippen LogP contribution in [0.15, 0.2) is 48.5 Å². The highest BCUT2D eigenvalue weighted by atomic mass is 16.3. The van der Waals surface area contributed by atoms with Crippen LogP contribution in [-0.4, -0.2) is 64.7 Å². The predicted molar refractivity (Wildman–Crippen MR) is 122 cm³/mol. The quantitative estimate of drug-likeness (QED) is 0.500. The van der Waals surface area contributed by atoms with Gasteiger partial charge >= 0.3 is 0 Å². The number of nitrogens with one attached hydrogen (secondary N) is 1. The van der Waals surface area contributed by atoms with Gasteiger partial charge in [0.05, 0.1) is 12.3 Å². The summed E-state index contributed by atoms with van der Waals surface area (Å²) in [5.41, 5.74) is 14.3. The molecule has 0 spiro atoms. The zero-order valence-electron chi connectivity index (χ0n) is 18.3. The summed E-state index contributed by atoms with van der Waals surface area (Å²) < 4.78 is 0. The lowest BCUT2D eigenvalue weighted by molar-refractivity contribution is -0.143. The van der Waals surface area contributed by atoms with Gasteiger partial charge in [-0.05, 0) is 54.7 Å². The zero-order valence-corrected chi connectivity index (χ0v) is 18.3. The molecule has 6 N–H and O–H groups in total. The van der Waals surface area contributed by atoms with E-state index in [4.69, 9.17) is 11.5 Å². The number of hydrogen-bond donors (Lipinski definition) is 4. The van der Waals surface area contributed by atoms with Gasteiger partial charge in [0.15, 0.2) is 0 Å². The van der Waals surface area contributed by atoms with Crippen molar-refractivity contribution in [2.24, 2.45) is 11.5 Å². The maximum absolute atomic E-state index is 12.9. The number of nitrogens with zero attached hydrogens (tertiary/aromatic N) is 2. The minimum absolute atomic E-state index is 0.0503. The van der Waals surface area contributed by atoms with Crippen LogP contribution >= 0.6 is 0 Å². The van der Waals surface area contributed by atoms with Gasteiger partial charge in [-0.25, -0.2) is 0 Å². The molecule has 4 rings (SSSR count). The summed E-state index contributed by atoms with van der Waals surface area (Å²) in [5, 5.41) is 13.1. The average molecular weight is 438 g/mol. The molecular formula is C24H31N5O3. The Bertz CT molecular complexity index is 979. The molecular weight excluding hydrogens is 406 g/mol. The van der Waals surface area contributed by atoms with E-state index in [1.54, 1.807) is 9.80 Å². The van der Waals surface area contributed by atoms with E-state index in [1.165, 1.54) is 0 Å². The van der Waals surface area contributed by atoms with E-state index < -0.39 is 5.60 Å². The minimum Gasteiger partial charge on any atom is -0.380 e. The van der Waals surface area contributed by atoms with Crippen molar-refractivity contribution in [2.45, 2.75) is 37.7 Å². The van der Waals surface area contributed by atoms with Crippen LogP contribution in [0.1, 0.15) is 41.9 Å². The van der Waals surface area contributed by atoms with Gasteiger partial charge in [-0.2, -0.15) is 0 Å². The topological polar surface area (TPSA) is 125 Å². The van der Waals surface area contributed by atoms with E-state index in [-0.39, 0.29) is 24.1 Å². The predicted octanol–water partition coefficient (Wildman–Crippen LogP) is 1.01. The van der Waals surface area contributed by atoms with Gasteiger partial charge in [-0.15, -0.1) is 0 Å². The standard InChI is InChI=1S/C24H31N5O3/c1-16(25)27-21(26)20-4-2-3-19(15-20)17-5-7-18(8-6-17)22(30)28-11-13-29(14-12-28)23(31)24(32)9-10-24/h2-8,15-16,21,27,32H,9-14,25-26H2,1H3. The Hall–Kier alpha value is -2.78. The van der Waals surface area contributed by atoms with Crippen molar-refractivity contribution in [1.82, 2.24) is 15.1 Å². The monoisotopic (exact) mass is 437 g/mol. The summed E-state index contributed by atoms with van der Waals surface area (Å²) in [6.45, 7) is 3.68. The fourth-order valence-electron chi connectivity index (χ4n) is 4.02. The Morgan fingerprint density at radius 3 is 2.19 bits per heavy atom. The van der Waals surface area contributed by atoms with E-state index in [1.807, 2.05) is 55.5 Å². The van der Waals surface area contributed by atoms with Crippen molar-refractivity contribution in [3.8, 4) is 11.1 Å². The van der Waals surface area contributed by atoms with Gasteiger partial charge in [0.1, 0.15) is 5.60 Å². The molecule has 32 heavy (non-hydrogen) atoms. The Morgan fingerprint density at radius 2 is 1.59 bits per heavy atom. The first-order valence-corrected chi connectivity index (χ1v) is 11.1. The molecule has 2 aliphatic rings. The van der Waals surface area contributed by atoms with Gasteiger partial charge in [-0.3, -0.25) is 14.9 Å². The molecule has 170 valence electrons. The third-order valence-corrected chi connectivity index (χ3v) is 6.13. The van der Waals surface area contributed by atoms with Crippen molar-refractivity contribution < 1.29 is 14.7 Å². The normalized spacial score (nSPS) is 19.4. The van der Waals surface area contributed by atoms with Gasteiger partial charge in [0.2, 0.25) is 0 Å². The molecule has 2 aromatic rings. The molecule has 0 aromatic heterocycles. The first-order chi connectivity index (χ1) is 15.3. The minimum atomic E-state index is -1.15. The molecule has 0 bridgehead atoms. The van der Waals surface area contributed by atoms with E-state index in [0.717, 1.165) is 16.7 Å². The van der Waals surface area contributed by atoms with Crippen LogP contribution < -0.4 is 16.8 Å². The van der Waals surface area contributed by atoms with Gasteiger partial charge in [-0.1, -0.05) is 30.3 Å². The fourth-order valence-corrected chi connectivity index (χ4v) is 4.02. The molecule has 1 aliphatic carbocycles. The Morgan fingerprint density at radius 1 is 0.969 bits per heavy atom. The second-order valence-electron chi connectivity index (χ2n) is 8.75. The molecule has 1 heterocycles. The zero-order chi connectivity index (χ0) is 22.9. The number of rotatable bonds is 6. The number of nitrogens with two attached hydrogens (primary N) is 2. The van der Waals surface area contributed by atoms with Crippen LogP contribution in [-0.2, 0) is 4.79 Å². The molecule has 1 aliphatic heterocycles. The summed E-state index contributed by atoms with van der Waals surface area (Å²) in [6, 6.07) is 15.4. The fraction of sp³-hybridized carbons (Fsp3) is 0.417. The summed E-state index contributed by atoms with van der Waals surface area (Å²) >= 11 is 0. The second-order valence-corrected chi connectivity index (χ2v) is 8.75. The van der Waals surface area contributed by atoms with E-state index in [9.17, 15) is 14.7 Å². The number of hydrogen-bond acceptors (Lipinski definition) is 6. The molecule has 2 atom stereocenters. The number of piperazine rings is 1. The average Bonchev–Trinajstić information content (AvgIpc) is 3.56. The highest BCUT2D eigenvalue weighted by molar-refractivity contribution is 5.95. The molecule has 0 radical (unpaired) electrons. The third-order valence-electron chi connectivity index (χ3n) is 6.13. The van der Waals surface area contributed by atoms with Gasteiger partial charge < -0.3 is 26.4 Å².